The fourth-order valence-corrected chi connectivity index (χ4v) is 3.90. The molecule has 0 fully saturated rings. The molecular weight excluding hydrogens is 283 g/mol. The maximum atomic E-state index is 13.3. The largest absolute Gasteiger partial charge is 0.355 e. The van der Waals surface area contributed by atoms with E-state index in [0.29, 0.717) is 18.5 Å². The number of nitrogens with one attached hydrogen (secondary N) is 2. The second kappa shape index (κ2) is 5.88. The Morgan fingerprint density at radius 1 is 1.45 bits per heavy atom. The highest BCUT2D eigenvalue weighted by molar-refractivity contribution is 7.91. The number of rotatable bonds is 4. The van der Waals surface area contributed by atoms with Gasteiger partial charge in [-0.15, -0.1) is 0 Å². The van der Waals surface area contributed by atoms with E-state index in [2.05, 4.69) is 10.6 Å². The molecule has 0 bridgehead atoms. The molecule has 5 nitrogen and oxygen atoms in total. The molecule has 110 valence electrons. The number of amides is 1. The summed E-state index contributed by atoms with van der Waals surface area (Å²) in [6.07, 6.45) is 0.332. The summed E-state index contributed by atoms with van der Waals surface area (Å²) in [5.41, 5.74) is 0.403. The Bertz CT molecular complexity index is 616. The van der Waals surface area contributed by atoms with E-state index in [1.165, 1.54) is 12.1 Å². The normalized spacial score (nSPS) is 20.2. The lowest BCUT2D eigenvalue weighted by atomic mass is 10.0. The molecule has 1 unspecified atom stereocenters. The zero-order chi connectivity index (χ0) is 14.8. The van der Waals surface area contributed by atoms with Crippen molar-refractivity contribution in [1.82, 2.24) is 10.6 Å². The van der Waals surface area contributed by atoms with Gasteiger partial charge in [0.25, 0.3) is 0 Å². The van der Waals surface area contributed by atoms with Gasteiger partial charge in [0.05, 0.1) is 17.2 Å². The molecule has 1 amide bonds. The van der Waals surface area contributed by atoms with Crippen molar-refractivity contribution >= 4 is 15.7 Å². The van der Waals surface area contributed by atoms with E-state index >= 15 is 0 Å². The van der Waals surface area contributed by atoms with Crippen LogP contribution < -0.4 is 10.6 Å². The van der Waals surface area contributed by atoms with Gasteiger partial charge in [-0.1, -0.05) is 0 Å². The van der Waals surface area contributed by atoms with E-state index in [9.17, 15) is 17.6 Å². The Hall–Kier alpha value is -1.47. The molecule has 0 aromatic heterocycles. The molecule has 0 radical (unpaired) electrons. The Morgan fingerprint density at radius 3 is 2.90 bits per heavy atom. The SMILES string of the molecule is CCNC(=O)CNC1CCS(=O)(=O)c2ccc(F)cc21. The topological polar surface area (TPSA) is 75.3 Å². The first-order valence-corrected chi connectivity index (χ1v) is 8.11. The van der Waals surface area contributed by atoms with E-state index in [0.717, 1.165) is 6.07 Å². The number of halogens is 1. The minimum Gasteiger partial charge on any atom is -0.355 e. The standard InChI is InChI=1S/C13H17FN2O3S/c1-2-15-13(17)8-16-11-5-6-20(18,19)12-4-3-9(14)7-10(11)12/h3-4,7,11,16H,2,5-6,8H2,1H3,(H,15,17). The van der Waals surface area contributed by atoms with E-state index in [4.69, 9.17) is 0 Å². The first-order chi connectivity index (χ1) is 9.44. The van der Waals surface area contributed by atoms with Crippen molar-refractivity contribution in [3.05, 3.63) is 29.6 Å². The zero-order valence-corrected chi connectivity index (χ0v) is 12.0. The summed E-state index contributed by atoms with van der Waals surface area (Å²) < 4.78 is 37.2. The molecule has 2 N–H and O–H groups in total. The molecule has 1 aliphatic rings. The van der Waals surface area contributed by atoms with Crippen LogP contribution in [0.15, 0.2) is 23.1 Å². The van der Waals surface area contributed by atoms with Gasteiger partial charge in [-0.2, -0.15) is 0 Å². The van der Waals surface area contributed by atoms with Crippen LogP contribution in [0.5, 0.6) is 0 Å². The Balaban J connectivity index is 2.21. The molecule has 0 saturated heterocycles. The maximum Gasteiger partial charge on any atom is 0.233 e. The van der Waals surface area contributed by atoms with E-state index in [1.807, 2.05) is 6.92 Å². The summed E-state index contributed by atoms with van der Waals surface area (Å²) in [7, 11) is -3.35. The number of likely N-dealkylation sites (N-methyl/N-ethyl adjacent to an activating group) is 1. The summed E-state index contributed by atoms with van der Waals surface area (Å²) in [5, 5.41) is 5.63. The molecule has 1 heterocycles. The van der Waals surface area contributed by atoms with Crippen LogP contribution in [0.3, 0.4) is 0 Å². The molecule has 0 spiro atoms. The van der Waals surface area contributed by atoms with Gasteiger partial charge in [0.2, 0.25) is 5.91 Å². The van der Waals surface area contributed by atoms with Crippen molar-refractivity contribution in [1.29, 1.82) is 0 Å². The third kappa shape index (κ3) is 3.16. The summed E-state index contributed by atoms with van der Waals surface area (Å²) in [6, 6.07) is 3.33. The molecule has 1 aliphatic heterocycles. The van der Waals surface area contributed by atoms with Crippen LogP contribution in [0.1, 0.15) is 24.9 Å². The van der Waals surface area contributed by atoms with Gasteiger partial charge in [-0.3, -0.25) is 4.79 Å². The minimum atomic E-state index is -3.35. The van der Waals surface area contributed by atoms with Crippen LogP contribution in [-0.2, 0) is 14.6 Å². The van der Waals surface area contributed by atoms with Gasteiger partial charge in [-0.05, 0) is 37.1 Å². The van der Waals surface area contributed by atoms with Crippen LogP contribution in [0.2, 0.25) is 0 Å². The van der Waals surface area contributed by atoms with Crippen LogP contribution >= 0.6 is 0 Å². The number of carbonyl (C=O) groups is 1. The van der Waals surface area contributed by atoms with Crippen molar-refractivity contribution in [2.45, 2.75) is 24.3 Å². The van der Waals surface area contributed by atoms with Gasteiger partial charge in [0.15, 0.2) is 9.84 Å². The highest BCUT2D eigenvalue weighted by atomic mass is 32.2. The van der Waals surface area contributed by atoms with Gasteiger partial charge < -0.3 is 10.6 Å². The fourth-order valence-electron chi connectivity index (χ4n) is 2.30. The van der Waals surface area contributed by atoms with Crippen molar-refractivity contribution in [3.63, 3.8) is 0 Å². The summed E-state index contributed by atoms with van der Waals surface area (Å²) in [4.78, 5) is 11.6. The van der Waals surface area contributed by atoms with Gasteiger partial charge in [0, 0.05) is 12.6 Å². The average molecular weight is 300 g/mol. The van der Waals surface area contributed by atoms with E-state index in [-0.39, 0.29) is 29.1 Å². The summed E-state index contributed by atoms with van der Waals surface area (Å²) in [6.45, 7) is 2.43. The molecule has 1 atom stereocenters. The van der Waals surface area contributed by atoms with Crippen LogP contribution in [0.4, 0.5) is 4.39 Å². The lowest BCUT2D eigenvalue weighted by Gasteiger charge is -2.26. The van der Waals surface area contributed by atoms with E-state index < -0.39 is 15.7 Å². The van der Waals surface area contributed by atoms with Crippen molar-refractivity contribution in [2.75, 3.05) is 18.8 Å². The molecular formula is C13H17FN2O3S. The van der Waals surface area contributed by atoms with Crippen LogP contribution in [0.25, 0.3) is 0 Å². The lowest BCUT2D eigenvalue weighted by molar-refractivity contribution is -0.120. The molecule has 1 aromatic rings. The first kappa shape index (κ1) is 14.9. The van der Waals surface area contributed by atoms with Crippen LogP contribution in [-0.4, -0.2) is 33.2 Å². The van der Waals surface area contributed by atoms with E-state index in [1.54, 1.807) is 0 Å². The third-order valence-electron chi connectivity index (χ3n) is 3.24. The number of hydrogen-bond acceptors (Lipinski definition) is 4. The first-order valence-electron chi connectivity index (χ1n) is 6.46. The monoisotopic (exact) mass is 300 g/mol. The molecule has 0 saturated carbocycles. The van der Waals surface area contributed by atoms with Crippen molar-refractivity contribution < 1.29 is 17.6 Å². The van der Waals surface area contributed by atoms with Crippen molar-refractivity contribution in [2.24, 2.45) is 0 Å². The summed E-state index contributed by atoms with van der Waals surface area (Å²) >= 11 is 0. The predicted octanol–water partition coefficient (Wildman–Crippen LogP) is 0.770. The third-order valence-corrected chi connectivity index (χ3v) is 5.06. The molecule has 7 heteroatoms. The number of sulfone groups is 1. The molecule has 0 aliphatic carbocycles. The fraction of sp³-hybridized carbons (Fsp3) is 0.462. The highest BCUT2D eigenvalue weighted by Crippen LogP contribution is 2.32. The maximum absolute atomic E-state index is 13.3. The molecule has 2 rings (SSSR count). The Kier molecular flexibility index (Phi) is 4.39. The second-order valence-electron chi connectivity index (χ2n) is 4.68. The quantitative estimate of drug-likeness (QED) is 0.805. The highest BCUT2D eigenvalue weighted by Gasteiger charge is 2.30. The van der Waals surface area contributed by atoms with Gasteiger partial charge in [0.1, 0.15) is 5.82 Å². The summed E-state index contributed by atoms with van der Waals surface area (Å²) in [5.74, 6) is -0.650. The number of fused-ring (bicyclic) bond motifs is 1. The zero-order valence-electron chi connectivity index (χ0n) is 11.1. The van der Waals surface area contributed by atoms with Gasteiger partial charge >= 0.3 is 0 Å². The minimum absolute atomic E-state index is 0.00129. The predicted molar refractivity (Wildman–Crippen MR) is 72.5 cm³/mol. The smallest absolute Gasteiger partial charge is 0.233 e. The lowest BCUT2D eigenvalue weighted by Crippen LogP contribution is -2.38. The molecule has 1 aromatic carbocycles. The second-order valence-corrected chi connectivity index (χ2v) is 6.75. The number of carbonyl (C=O) groups excluding carboxylic acids is 1. The molecule has 20 heavy (non-hydrogen) atoms. The average Bonchev–Trinajstić information content (AvgIpc) is 2.38. The van der Waals surface area contributed by atoms with Crippen molar-refractivity contribution in [3.8, 4) is 0 Å². The Morgan fingerprint density at radius 2 is 2.20 bits per heavy atom. The number of hydrogen-bond donors (Lipinski definition) is 2. The van der Waals surface area contributed by atoms with Crippen LogP contribution in [0, 0.1) is 5.82 Å². The van der Waals surface area contributed by atoms with Gasteiger partial charge in [-0.25, -0.2) is 12.8 Å². The number of benzene rings is 1. The Labute approximate surface area is 117 Å².